The smallest absolute Gasteiger partial charge is 0.310 e. The third-order valence-electron chi connectivity index (χ3n) is 6.42. The zero-order valence-corrected chi connectivity index (χ0v) is 19.8. The van der Waals surface area contributed by atoms with Gasteiger partial charge in [-0.25, -0.2) is 19.9 Å². The first-order chi connectivity index (χ1) is 17.3. The van der Waals surface area contributed by atoms with E-state index in [2.05, 4.69) is 25.3 Å². The van der Waals surface area contributed by atoms with E-state index in [4.69, 9.17) is 11.6 Å². The van der Waals surface area contributed by atoms with Crippen LogP contribution in [0.25, 0.3) is 11.2 Å². The van der Waals surface area contributed by atoms with Gasteiger partial charge in [0.2, 0.25) is 5.91 Å². The number of imidazole rings is 2. The van der Waals surface area contributed by atoms with E-state index in [-0.39, 0.29) is 5.82 Å². The van der Waals surface area contributed by atoms with Crippen molar-refractivity contribution >= 4 is 34.5 Å². The van der Waals surface area contributed by atoms with E-state index in [1.807, 2.05) is 12.3 Å². The number of alkyl halides is 2. The Morgan fingerprint density at radius 2 is 1.94 bits per heavy atom. The van der Waals surface area contributed by atoms with Crippen LogP contribution in [0.5, 0.6) is 0 Å². The Hall–Kier alpha value is -3.92. The minimum Gasteiger partial charge on any atom is -0.310 e. The van der Waals surface area contributed by atoms with Gasteiger partial charge in [0.15, 0.2) is 0 Å². The van der Waals surface area contributed by atoms with Crippen molar-refractivity contribution in [1.29, 1.82) is 0 Å². The molecule has 1 N–H and O–H groups in total. The van der Waals surface area contributed by atoms with Crippen molar-refractivity contribution in [3.05, 3.63) is 89.2 Å². The molecule has 5 aromatic rings. The molecule has 36 heavy (non-hydrogen) atoms. The highest BCUT2D eigenvalue weighted by molar-refractivity contribution is 6.30. The summed E-state index contributed by atoms with van der Waals surface area (Å²) in [7, 11) is 0. The molecule has 1 saturated carbocycles. The molecule has 0 saturated heterocycles. The lowest BCUT2D eigenvalue weighted by molar-refractivity contribution is -0.117. The molecule has 0 aromatic carbocycles. The SMILES string of the molecule is CC(C(=O)Nc1cc(C(F)(F)c2cn3cc(C4CC4)ccc3n2)ncn1)c1ncn2ccc(Cl)cc12. The largest absolute Gasteiger partial charge is 0.333 e. The number of amides is 1. The number of pyridine rings is 2. The fourth-order valence-corrected chi connectivity index (χ4v) is 4.38. The van der Waals surface area contributed by atoms with E-state index in [0.717, 1.165) is 30.8 Å². The van der Waals surface area contributed by atoms with Crippen molar-refractivity contribution in [1.82, 2.24) is 28.7 Å². The number of hydrogen-bond donors (Lipinski definition) is 1. The van der Waals surface area contributed by atoms with Crippen LogP contribution < -0.4 is 5.32 Å². The molecule has 0 bridgehead atoms. The number of halogens is 3. The number of nitrogens with one attached hydrogen (secondary N) is 1. The molecular weight excluding hydrogens is 488 g/mol. The first-order valence-electron chi connectivity index (χ1n) is 11.4. The van der Waals surface area contributed by atoms with E-state index in [1.165, 1.54) is 6.20 Å². The van der Waals surface area contributed by atoms with Crippen molar-refractivity contribution in [2.24, 2.45) is 0 Å². The van der Waals surface area contributed by atoms with E-state index in [1.54, 1.807) is 46.4 Å². The number of anilines is 1. The van der Waals surface area contributed by atoms with Crippen LogP contribution in [0.4, 0.5) is 14.6 Å². The second kappa shape index (κ2) is 8.34. The Morgan fingerprint density at radius 3 is 2.75 bits per heavy atom. The van der Waals surface area contributed by atoms with Crippen molar-refractivity contribution < 1.29 is 13.6 Å². The summed E-state index contributed by atoms with van der Waals surface area (Å²) in [5.41, 5.74) is 1.73. The molecule has 0 radical (unpaired) electrons. The molecule has 5 aromatic heterocycles. The average Bonchev–Trinajstić information content (AvgIpc) is 3.49. The number of nitrogens with zero attached hydrogens (tertiary/aromatic N) is 6. The maximum atomic E-state index is 15.4. The van der Waals surface area contributed by atoms with Gasteiger partial charge in [-0.1, -0.05) is 17.7 Å². The van der Waals surface area contributed by atoms with E-state index in [9.17, 15) is 4.79 Å². The molecule has 1 unspecified atom stereocenters. The number of carbonyl (C=O) groups is 1. The van der Waals surface area contributed by atoms with Gasteiger partial charge in [0.1, 0.15) is 29.2 Å². The van der Waals surface area contributed by atoms with Gasteiger partial charge in [-0.15, -0.1) is 0 Å². The lowest BCUT2D eigenvalue weighted by Gasteiger charge is -2.15. The summed E-state index contributed by atoms with van der Waals surface area (Å²) in [5, 5.41) is 3.10. The average molecular weight is 508 g/mol. The summed E-state index contributed by atoms with van der Waals surface area (Å²) in [6, 6.07) is 8.15. The van der Waals surface area contributed by atoms with E-state index >= 15 is 8.78 Å². The Bertz CT molecular complexity index is 1630. The second-order valence-electron chi connectivity index (χ2n) is 8.97. The summed E-state index contributed by atoms with van der Waals surface area (Å²) in [6.07, 6.45) is 9.71. The van der Waals surface area contributed by atoms with Crippen LogP contribution in [0.3, 0.4) is 0 Å². The van der Waals surface area contributed by atoms with E-state index < -0.39 is 29.1 Å². The standard InChI is InChI=1S/C25H20ClF2N7O/c1-14(23-18-8-17(26)6-7-34(18)13-31-23)24(36)33-21-9-19(29-12-30-21)25(27,28)20-11-35-10-16(15-2-3-15)4-5-22(35)32-20/h4-15H,2-3H2,1H3,(H,29,30,33,36). The molecule has 5 heterocycles. The number of aromatic nitrogens is 6. The molecule has 11 heteroatoms. The van der Waals surface area contributed by atoms with Crippen LogP contribution in [-0.4, -0.2) is 34.6 Å². The molecule has 1 atom stereocenters. The third kappa shape index (κ3) is 3.97. The highest BCUT2D eigenvalue weighted by atomic mass is 35.5. The minimum absolute atomic E-state index is 0.0437. The number of hydrogen-bond acceptors (Lipinski definition) is 5. The maximum absolute atomic E-state index is 15.4. The van der Waals surface area contributed by atoms with Crippen molar-refractivity contribution in [2.45, 2.75) is 37.5 Å². The van der Waals surface area contributed by atoms with Crippen LogP contribution in [0.15, 0.2) is 61.6 Å². The summed E-state index contributed by atoms with van der Waals surface area (Å²) >= 11 is 6.09. The summed E-state index contributed by atoms with van der Waals surface area (Å²) in [5.74, 6) is -4.18. The molecule has 1 fully saturated rings. The highest BCUT2D eigenvalue weighted by Gasteiger charge is 2.39. The van der Waals surface area contributed by atoms with Gasteiger partial charge in [-0.2, -0.15) is 8.78 Å². The van der Waals surface area contributed by atoms with Crippen molar-refractivity contribution in [3.63, 3.8) is 0 Å². The van der Waals surface area contributed by atoms with Crippen LogP contribution in [0.1, 0.15) is 54.2 Å². The summed E-state index contributed by atoms with van der Waals surface area (Å²) in [4.78, 5) is 29.1. The normalized spacial score (nSPS) is 14.9. The van der Waals surface area contributed by atoms with Gasteiger partial charge in [0.05, 0.1) is 23.5 Å². The Labute approximate surface area is 209 Å². The number of rotatable bonds is 6. The molecule has 0 aliphatic heterocycles. The van der Waals surface area contributed by atoms with Gasteiger partial charge in [-0.05, 0) is 49.4 Å². The quantitative estimate of drug-likeness (QED) is 0.342. The zero-order valence-electron chi connectivity index (χ0n) is 19.1. The highest BCUT2D eigenvalue weighted by Crippen LogP contribution is 2.40. The van der Waals surface area contributed by atoms with Gasteiger partial charge < -0.3 is 14.1 Å². The molecule has 1 aliphatic rings. The van der Waals surface area contributed by atoms with Gasteiger partial charge in [0, 0.05) is 29.7 Å². The van der Waals surface area contributed by atoms with Gasteiger partial charge in [-0.3, -0.25) is 4.79 Å². The predicted molar refractivity (Wildman–Crippen MR) is 129 cm³/mol. The monoisotopic (exact) mass is 507 g/mol. The van der Waals surface area contributed by atoms with Gasteiger partial charge in [0.25, 0.3) is 0 Å². The number of fused-ring (bicyclic) bond motifs is 2. The van der Waals surface area contributed by atoms with Crippen molar-refractivity contribution in [2.75, 3.05) is 5.32 Å². The van der Waals surface area contributed by atoms with Crippen LogP contribution in [-0.2, 0) is 10.7 Å². The Morgan fingerprint density at radius 1 is 1.11 bits per heavy atom. The van der Waals surface area contributed by atoms with Crippen LogP contribution >= 0.6 is 11.6 Å². The zero-order chi connectivity index (χ0) is 25.0. The lowest BCUT2D eigenvalue weighted by atomic mass is 10.1. The fourth-order valence-electron chi connectivity index (χ4n) is 4.22. The molecule has 1 amide bonds. The van der Waals surface area contributed by atoms with Crippen LogP contribution in [0.2, 0.25) is 5.02 Å². The first kappa shape index (κ1) is 22.5. The maximum Gasteiger partial charge on any atom is 0.333 e. The van der Waals surface area contributed by atoms with Crippen LogP contribution in [0, 0.1) is 0 Å². The molecule has 182 valence electrons. The summed E-state index contributed by atoms with van der Waals surface area (Å²) < 4.78 is 34.2. The second-order valence-corrected chi connectivity index (χ2v) is 9.41. The number of carbonyl (C=O) groups excluding carboxylic acids is 1. The Balaban J connectivity index is 1.25. The molecule has 6 rings (SSSR count). The third-order valence-corrected chi connectivity index (χ3v) is 6.65. The molecule has 0 spiro atoms. The molecule has 1 aliphatic carbocycles. The molecule has 8 nitrogen and oxygen atoms in total. The first-order valence-corrected chi connectivity index (χ1v) is 11.8. The fraction of sp³-hybridized carbons (Fsp3) is 0.240. The predicted octanol–water partition coefficient (Wildman–Crippen LogP) is 5.19. The lowest BCUT2D eigenvalue weighted by Crippen LogP contribution is -2.22. The topological polar surface area (TPSA) is 89.5 Å². The van der Waals surface area contributed by atoms with E-state index in [0.29, 0.717) is 27.8 Å². The molecular formula is C25H20ClF2N7O. The minimum atomic E-state index is -3.49. The summed E-state index contributed by atoms with van der Waals surface area (Å²) in [6.45, 7) is 1.67. The Kier molecular flexibility index (Phi) is 5.22. The van der Waals surface area contributed by atoms with Crippen molar-refractivity contribution in [3.8, 4) is 0 Å². The van der Waals surface area contributed by atoms with Gasteiger partial charge >= 0.3 is 5.92 Å².